The van der Waals surface area contributed by atoms with E-state index in [1.54, 1.807) is 0 Å². The maximum Gasteiger partial charge on any atom is 0.0273 e. The van der Waals surface area contributed by atoms with Crippen LogP contribution in [0.5, 0.6) is 0 Å². The Balaban J connectivity index is 2.28. The van der Waals surface area contributed by atoms with Gasteiger partial charge in [0.2, 0.25) is 0 Å². The third kappa shape index (κ3) is 2.37. The Morgan fingerprint density at radius 2 is 1.69 bits per heavy atom. The lowest BCUT2D eigenvalue weighted by molar-refractivity contribution is 1.32. The summed E-state index contributed by atoms with van der Waals surface area (Å²) >= 11 is 0. The Kier molecular flexibility index (Phi) is 3.16. The minimum Gasteiger partial charge on any atom is -0.265 e. The highest BCUT2D eigenvalue weighted by molar-refractivity contribution is 5.71. The molecule has 0 atom stereocenters. The summed E-state index contributed by atoms with van der Waals surface area (Å²) in [4.78, 5) is 4.00. The molecule has 1 heterocycles. The van der Waals surface area contributed by atoms with Gasteiger partial charge in [-0.1, -0.05) is 30.4 Å². The number of pyridine rings is 1. The van der Waals surface area contributed by atoms with Crippen molar-refractivity contribution in [2.45, 2.75) is 13.8 Å². The molecule has 0 bridgehead atoms. The van der Waals surface area contributed by atoms with Crippen LogP contribution < -0.4 is 0 Å². The molecule has 0 aliphatic carbocycles. The molecule has 16 heavy (non-hydrogen) atoms. The van der Waals surface area contributed by atoms with E-state index < -0.39 is 0 Å². The molecule has 2 rings (SSSR count). The molecule has 0 aliphatic heterocycles. The van der Waals surface area contributed by atoms with Gasteiger partial charge in [0, 0.05) is 12.4 Å². The molecule has 0 unspecified atom stereocenters. The van der Waals surface area contributed by atoms with Crippen LogP contribution in [0.15, 0.2) is 42.7 Å². The first-order valence-electron chi connectivity index (χ1n) is 5.42. The Hall–Kier alpha value is -1.89. The average molecular weight is 209 g/mol. The van der Waals surface area contributed by atoms with Gasteiger partial charge in [-0.2, -0.15) is 0 Å². The maximum absolute atomic E-state index is 4.00. The van der Waals surface area contributed by atoms with E-state index >= 15 is 0 Å². The SMILES string of the molecule is Cc1cccc(/C=C\c2ccncc2)c1C. The Bertz CT molecular complexity index is 498. The van der Waals surface area contributed by atoms with E-state index in [0.29, 0.717) is 0 Å². The number of benzene rings is 1. The summed E-state index contributed by atoms with van der Waals surface area (Å²) in [6.07, 6.45) is 7.88. The molecule has 0 amide bonds. The van der Waals surface area contributed by atoms with E-state index in [1.807, 2.05) is 24.5 Å². The molecule has 80 valence electrons. The van der Waals surface area contributed by atoms with Gasteiger partial charge in [-0.25, -0.2) is 0 Å². The van der Waals surface area contributed by atoms with Crippen LogP contribution in [0.4, 0.5) is 0 Å². The van der Waals surface area contributed by atoms with Crippen LogP contribution in [-0.2, 0) is 0 Å². The lowest BCUT2D eigenvalue weighted by Crippen LogP contribution is -1.84. The quantitative estimate of drug-likeness (QED) is 0.731. The molecule has 1 heteroatoms. The molecule has 0 spiro atoms. The third-order valence-corrected chi connectivity index (χ3v) is 2.81. The topological polar surface area (TPSA) is 12.9 Å². The van der Waals surface area contributed by atoms with E-state index in [2.05, 4.69) is 49.2 Å². The van der Waals surface area contributed by atoms with E-state index in [1.165, 1.54) is 22.3 Å². The van der Waals surface area contributed by atoms with E-state index in [4.69, 9.17) is 0 Å². The van der Waals surface area contributed by atoms with Gasteiger partial charge in [-0.15, -0.1) is 0 Å². The molecule has 0 saturated carbocycles. The second-order valence-electron chi connectivity index (χ2n) is 3.90. The van der Waals surface area contributed by atoms with E-state index in [-0.39, 0.29) is 0 Å². The zero-order valence-corrected chi connectivity index (χ0v) is 9.64. The first-order chi connectivity index (χ1) is 7.77. The normalized spacial score (nSPS) is 10.9. The Morgan fingerprint density at radius 1 is 0.938 bits per heavy atom. The van der Waals surface area contributed by atoms with Crippen molar-refractivity contribution in [3.05, 3.63) is 65.0 Å². The minimum atomic E-state index is 1.18. The van der Waals surface area contributed by atoms with Crippen LogP contribution >= 0.6 is 0 Å². The fraction of sp³-hybridized carbons (Fsp3) is 0.133. The average Bonchev–Trinajstić information content (AvgIpc) is 2.32. The second-order valence-corrected chi connectivity index (χ2v) is 3.90. The Morgan fingerprint density at radius 3 is 2.44 bits per heavy atom. The van der Waals surface area contributed by atoms with Crippen LogP contribution in [0.2, 0.25) is 0 Å². The molecular formula is C15H15N. The molecule has 1 aromatic carbocycles. The molecule has 0 aliphatic rings. The zero-order chi connectivity index (χ0) is 11.4. The van der Waals surface area contributed by atoms with Gasteiger partial charge < -0.3 is 0 Å². The molecule has 0 fully saturated rings. The number of hydrogen-bond acceptors (Lipinski definition) is 1. The molecule has 1 aromatic heterocycles. The molecular weight excluding hydrogens is 194 g/mol. The summed E-state index contributed by atoms with van der Waals surface area (Å²) in [5, 5.41) is 0. The number of aryl methyl sites for hydroxylation is 1. The van der Waals surface area contributed by atoms with Crippen molar-refractivity contribution in [3.8, 4) is 0 Å². The van der Waals surface area contributed by atoms with Crippen molar-refractivity contribution in [2.75, 3.05) is 0 Å². The van der Waals surface area contributed by atoms with Crippen LogP contribution in [0.1, 0.15) is 22.3 Å². The first-order valence-corrected chi connectivity index (χ1v) is 5.42. The van der Waals surface area contributed by atoms with Gasteiger partial charge in [0.05, 0.1) is 0 Å². The van der Waals surface area contributed by atoms with Crippen molar-refractivity contribution < 1.29 is 0 Å². The maximum atomic E-state index is 4.00. The van der Waals surface area contributed by atoms with Crippen LogP contribution in [0.3, 0.4) is 0 Å². The van der Waals surface area contributed by atoms with Gasteiger partial charge in [-0.3, -0.25) is 4.98 Å². The van der Waals surface area contributed by atoms with Gasteiger partial charge in [0.1, 0.15) is 0 Å². The van der Waals surface area contributed by atoms with Crippen LogP contribution in [0, 0.1) is 13.8 Å². The summed E-state index contributed by atoms with van der Waals surface area (Å²) < 4.78 is 0. The minimum absolute atomic E-state index is 1.18. The predicted octanol–water partition coefficient (Wildman–Crippen LogP) is 3.87. The fourth-order valence-electron chi connectivity index (χ4n) is 1.61. The lowest BCUT2D eigenvalue weighted by atomic mass is 10.0. The van der Waals surface area contributed by atoms with Crippen molar-refractivity contribution in [1.29, 1.82) is 0 Å². The van der Waals surface area contributed by atoms with Crippen LogP contribution in [0.25, 0.3) is 12.2 Å². The summed E-state index contributed by atoms with van der Waals surface area (Å²) in [6, 6.07) is 10.4. The number of nitrogens with zero attached hydrogens (tertiary/aromatic N) is 1. The van der Waals surface area contributed by atoms with E-state index in [0.717, 1.165) is 0 Å². The lowest BCUT2D eigenvalue weighted by Gasteiger charge is -2.03. The van der Waals surface area contributed by atoms with Gasteiger partial charge >= 0.3 is 0 Å². The fourth-order valence-corrected chi connectivity index (χ4v) is 1.61. The highest BCUT2D eigenvalue weighted by atomic mass is 14.6. The van der Waals surface area contributed by atoms with Gasteiger partial charge in [-0.05, 0) is 48.2 Å². The van der Waals surface area contributed by atoms with Crippen molar-refractivity contribution >= 4 is 12.2 Å². The number of rotatable bonds is 2. The highest BCUT2D eigenvalue weighted by Gasteiger charge is 1.96. The zero-order valence-electron chi connectivity index (χ0n) is 9.64. The van der Waals surface area contributed by atoms with Crippen molar-refractivity contribution in [3.63, 3.8) is 0 Å². The Labute approximate surface area is 96.5 Å². The summed E-state index contributed by atoms with van der Waals surface area (Å²) in [5.74, 6) is 0. The standard InChI is InChI=1S/C15H15N/c1-12-4-3-5-15(13(12)2)7-6-14-8-10-16-11-9-14/h3-11H,1-2H3/b7-6-. The predicted molar refractivity (Wildman–Crippen MR) is 69.1 cm³/mol. The van der Waals surface area contributed by atoms with Crippen molar-refractivity contribution in [1.82, 2.24) is 4.98 Å². The number of hydrogen-bond donors (Lipinski definition) is 0. The summed E-state index contributed by atoms with van der Waals surface area (Å²) in [6.45, 7) is 4.29. The summed E-state index contributed by atoms with van der Waals surface area (Å²) in [7, 11) is 0. The molecule has 0 N–H and O–H groups in total. The molecule has 1 nitrogen and oxygen atoms in total. The molecule has 2 aromatic rings. The molecule has 0 saturated heterocycles. The van der Waals surface area contributed by atoms with Gasteiger partial charge in [0.15, 0.2) is 0 Å². The molecule has 0 radical (unpaired) electrons. The van der Waals surface area contributed by atoms with Gasteiger partial charge in [0.25, 0.3) is 0 Å². The van der Waals surface area contributed by atoms with Crippen molar-refractivity contribution in [2.24, 2.45) is 0 Å². The summed E-state index contributed by atoms with van der Waals surface area (Å²) in [5.41, 5.74) is 5.12. The number of aromatic nitrogens is 1. The van der Waals surface area contributed by atoms with Crippen LogP contribution in [-0.4, -0.2) is 4.98 Å². The second kappa shape index (κ2) is 4.75. The first kappa shape index (κ1) is 10.6. The smallest absolute Gasteiger partial charge is 0.0273 e. The highest BCUT2D eigenvalue weighted by Crippen LogP contribution is 2.15. The van der Waals surface area contributed by atoms with E-state index in [9.17, 15) is 0 Å². The largest absolute Gasteiger partial charge is 0.265 e. The monoisotopic (exact) mass is 209 g/mol. The third-order valence-electron chi connectivity index (χ3n) is 2.81.